The van der Waals surface area contributed by atoms with Crippen LogP contribution in [0.25, 0.3) is 0 Å². The van der Waals surface area contributed by atoms with Gasteiger partial charge in [0.15, 0.2) is 0 Å². The number of nitrogens with one attached hydrogen (secondary N) is 2. The summed E-state index contributed by atoms with van der Waals surface area (Å²) in [4.78, 5) is 20.6. The summed E-state index contributed by atoms with van der Waals surface area (Å²) in [5, 5.41) is 16.7. The van der Waals surface area contributed by atoms with Crippen LogP contribution in [0.5, 0.6) is 0 Å². The molecule has 1 heterocycles. The van der Waals surface area contributed by atoms with Crippen LogP contribution in [0.1, 0.15) is 12.8 Å². The van der Waals surface area contributed by atoms with Gasteiger partial charge < -0.3 is 15.5 Å². The van der Waals surface area contributed by atoms with E-state index in [1.54, 1.807) is 7.05 Å². The maximum Gasteiger partial charge on any atom is 0.329 e. The Balaban J connectivity index is 1.98. The molecule has 0 aliphatic heterocycles. The summed E-state index contributed by atoms with van der Waals surface area (Å²) < 4.78 is 0. The van der Waals surface area contributed by atoms with Gasteiger partial charge in [-0.15, -0.1) is 0 Å². The first-order valence-electron chi connectivity index (χ1n) is 6.25. The summed E-state index contributed by atoms with van der Waals surface area (Å²) in [6.07, 6.45) is 3.70. The van der Waals surface area contributed by atoms with Crippen LogP contribution >= 0.6 is 0 Å². The summed E-state index contributed by atoms with van der Waals surface area (Å²) in [7, 11) is 3.73. The smallest absolute Gasteiger partial charge is 0.329 e. The molecule has 2 rings (SSSR count). The molecule has 1 aliphatic rings. The van der Waals surface area contributed by atoms with Crippen molar-refractivity contribution in [3.8, 4) is 0 Å². The predicted octanol–water partition coefficient (Wildman–Crippen LogP) is 0.933. The van der Waals surface area contributed by atoms with Gasteiger partial charge in [-0.3, -0.25) is 10.1 Å². The lowest BCUT2D eigenvalue weighted by Crippen LogP contribution is -2.27. The van der Waals surface area contributed by atoms with Crippen LogP contribution in [0.15, 0.2) is 6.20 Å². The first-order chi connectivity index (χ1) is 9.11. The lowest BCUT2D eigenvalue weighted by atomic mass is 10.4. The standard InChI is InChI=1S/C11H18N6O2/c1-12-11-14-7-9(17(18)19)10(15-11)13-5-6-16(2)8-3-4-8/h7-8H,3-6H2,1-2H3,(H2,12,13,14,15). The molecule has 0 spiro atoms. The Bertz CT molecular complexity index is 462. The van der Waals surface area contributed by atoms with Crippen molar-refractivity contribution in [3.05, 3.63) is 16.3 Å². The second-order valence-electron chi connectivity index (χ2n) is 4.57. The minimum atomic E-state index is -0.480. The van der Waals surface area contributed by atoms with Crippen molar-refractivity contribution in [2.75, 3.05) is 37.8 Å². The zero-order valence-corrected chi connectivity index (χ0v) is 11.1. The fraction of sp³-hybridized carbons (Fsp3) is 0.636. The Kier molecular flexibility index (Phi) is 4.10. The van der Waals surface area contributed by atoms with E-state index < -0.39 is 4.92 Å². The Labute approximate surface area is 111 Å². The van der Waals surface area contributed by atoms with Crippen LogP contribution in [-0.2, 0) is 0 Å². The van der Waals surface area contributed by atoms with Crippen molar-refractivity contribution >= 4 is 17.5 Å². The van der Waals surface area contributed by atoms with Gasteiger partial charge in [0.2, 0.25) is 11.8 Å². The van der Waals surface area contributed by atoms with E-state index in [1.165, 1.54) is 19.0 Å². The van der Waals surface area contributed by atoms with Gasteiger partial charge in [0, 0.05) is 26.2 Å². The maximum atomic E-state index is 10.9. The molecule has 2 N–H and O–H groups in total. The average molecular weight is 266 g/mol. The van der Waals surface area contributed by atoms with Gasteiger partial charge in [-0.1, -0.05) is 0 Å². The number of hydrogen-bond donors (Lipinski definition) is 2. The molecule has 1 saturated carbocycles. The summed E-state index contributed by atoms with van der Waals surface area (Å²) >= 11 is 0. The zero-order chi connectivity index (χ0) is 13.8. The van der Waals surface area contributed by atoms with Crippen molar-refractivity contribution in [3.63, 3.8) is 0 Å². The van der Waals surface area contributed by atoms with Crippen LogP contribution in [0.2, 0.25) is 0 Å². The van der Waals surface area contributed by atoms with E-state index in [9.17, 15) is 10.1 Å². The Morgan fingerprint density at radius 2 is 2.32 bits per heavy atom. The molecule has 0 unspecified atom stereocenters. The summed E-state index contributed by atoms with van der Waals surface area (Å²) in [6.45, 7) is 1.45. The van der Waals surface area contributed by atoms with Gasteiger partial charge in [-0.2, -0.15) is 4.98 Å². The van der Waals surface area contributed by atoms with Gasteiger partial charge >= 0.3 is 5.69 Å². The Hall–Kier alpha value is -1.96. The number of likely N-dealkylation sites (N-methyl/N-ethyl adjacent to an activating group) is 1. The van der Waals surface area contributed by atoms with E-state index in [0.717, 1.165) is 6.54 Å². The average Bonchev–Trinajstić information content (AvgIpc) is 3.22. The van der Waals surface area contributed by atoms with Gasteiger partial charge in [0.1, 0.15) is 6.20 Å². The van der Waals surface area contributed by atoms with E-state index in [-0.39, 0.29) is 11.5 Å². The quantitative estimate of drug-likeness (QED) is 0.559. The molecule has 0 radical (unpaired) electrons. The fourth-order valence-corrected chi connectivity index (χ4v) is 1.81. The normalized spacial score (nSPS) is 14.5. The number of nitro groups is 1. The molecule has 1 aliphatic carbocycles. The second-order valence-corrected chi connectivity index (χ2v) is 4.57. The first kappa shape index (κ1) is 13.5. The highest BCUT2D eigenvalue weighted by atomic mass is 16.6. The van der Waals surface area contributed by atoms with Gasteiger partial charge in [-0.25, -0.2) is 4.98 Å². The van der Waals surface area contributed by atoms with Crippen molar-refractivity contribution in [1.82, 2.24) is 14.9 Å². The third-order valence-electron chi connectivity index (χ3n) is 3.12. The lowest BCUT2D eigenvalue weighted by Gasteiger charge is -2.16. The lowest BCUT2D eigenvalue weighted by molar-refractivity contribution is -0.384. The molecule has 1 fully saturated rings. The number of nitrogens with zero attached hydrogens (tertiary/aromatic N) is 4. The molecule has 1 aromatic rings. The third-order valence-corrected chi connectivity index (χ3v) is 3.12. The second kappa shape index (κ2) is 5.79. The van der Waals surface area contributed by atoms with Gasteiger partial charge in [0.05, 0.1) is 4.92 Å². The van der Waals surface area contributed by atoms with Gasteiger partial charge in [-0.05, 0) is 19.9 Å². The molecular formula is C11H18N6O2. The minimum Gasteiger partial charge on any atom is -0.363 e. The fourth-order valence-electron chi connectivity index (χ4n) is 1.81. The molecule has 0 bridgehead atoms. The summed E-state index contributed by atoms with van der Waals surface area (Å²) in [6, 6.07) is 0.676. The number of anilines is 2. The van der Waals surface area contributed by atoms with Crippen molar-refractivity contribution in [1.29, 1.82) is 0 Å². The monoisotopic (exact) mass is 266 g/mol. The molecular weight excluding hydrogens is 248 g/mol. The van der Waals surface area contributed by atoms with E-state index in [0.29, 0.717) is 18.5 Å². The summed E-state index contributed by atoms with van der Waals surface area (Å²) in [5.41, 5.74) is -0.104. The molecule has 0 atom stereocenters. The van der Waals surface area contributed by atoms with E-state index in [2.05, 4.69) is 32.5 Å². The molecule has 0 saturated heterocycles. The highest BCUT2D eigenvalue weighted by Gasteiger charge is 2.25. The molecule has 8 heteroatoms. The molecule has 1 aromatic heterocycles. The number of rotatable bonds is 7. The number of aromatic nitrogens is 2. The van der Waals surface area contributed by atoms with Crippen molar-refractivity contribution in [2.45, 2.75) is 18.9 Å². The molecule has 8 nitrogen and oxygen atoms in total. The predicted molar refractivity (Wildman–Crippen MR) is 72.4 cm³/mol. The van der Waals surface area contributed by atoms with E-state index in [1.807, 2.05) is 0 Å². The van der Waals surface area contributed by atoms with Gasteiger partial charge in [0.25, 0.3) is 0 Å². The van der Waals surface area contributed by atoms with Crippen LogP contribution in [-0.4, -0.2) is 53.0 Å². The Morgan fingerprint density at radius 1 is 1.58 bits per heavy atom. The molecule has 19 heavy (non-hydrogen) atoms. The highest BCUT2D eigenvalue weighted by molar-refractivity contribution is 5.56. The van der Waals surface area contributed by atoms with Crippen molar-refractivity contribution < 1.29 is 4.92 Å². The third kappa shape index (κ3) is 3.50. The van der Waals surface area contributed by atoms with E-state index >= 15 is 0 Å². The number of hydrogen-bond acceptors (Lipinski definition) is 7. The molecule has 0 aromatic carbocycles. The topological polar surface area (TPSA) is 96.2 Å². The van der Waals surface area contributed by atoms with Crippen molar-refractivity contribution in [2.24, 2.45) is 0 Å². The van der Waals surface area contributed by atoms with Crippen LogP contribution in [0.3, 0.4) is 0 Å². The summed E-state index contributed by atoms with van der Waals surface area (Å²) in [5.74, 6) is 0.622. The van der Waals surface area contributed by atoms with E-state index in [4.69, 9.17) is 0 Å². The minimum absolute atomic E-state index is 0.104. The largest absolute Gasteiger partial charge is 0.363 e. The highest BCUT2D eigenvalue weighted by Crippen LogP contribution is 2.25. The first-order valence-corrected chi connectivity index (χ1v) is 6.25. The van der Waals surface area contributed by atoms with Crippen LogP contribution in [0, 0.1) is 10.1 Å². The SMILES string of the molecule is CNc1ncc([N+](=O)[O-])c(NCCN(C)C2CC2)n1. The van der Waals surface area contributed by atoms with Crippen LogP contribution in [0.4, 0.5) is 17.5 Å². The molecule has 0 amide bonds. The van der Waals surface area contributed by atoms with Crippen LogP contribution < -0.4 is 10.6 Å². The Morgan fingerprint density at radius 3 is 2.89 bits per heavy atom. The maximum absolute atomic E-state index is 10.9. The molecule has 104 valence electrons. The zero-order valence-electron chi connectivity index (χ0n) is 11.1.